The molecule has 0 bridgehead atoms. The molecule has 4 heterocycles. The lowest BCUT2D eigenvalue weighted by Gasteiger charge is -2.11. The normalized spacial score (nSPS) is 13.3. The van der Waals surface area contributed by atoms with Crippen molar-refractivity contribution < 1.29 is 4.42 Å². The predicted octanol–water partition coefficient (Wildman–Crippen LogP) is 11.4. The third-order valence-electron chi connectivity index (χ3n) is 9.37. The number of thiophene rings is 1. The van der Waals surface area contributed by atoms with Crippen molar-refractivity contribution in [2.75, 3.05) is 0 Å². The maximum Gasteiger partial charge on any atom is 0.159 e. The van der Waals surface area contributed by atoms with Gasteiger partial charge in [-0.25, -0.2) is 9.97 Å². The molecule has 0 saturated carbocycles. The first-order valence-electron chi connectivity index (χ1n) is 16.2. The third kappa shape index (κ3) is 4.30. The van der Waals surface area contributed by atoms with Crippen LogP contribution in [-0.2, 0) is 0 Å². The molecule has 48 heavy (non-hydrogen) atoms. The molecule has 1 aliphatic carbocycles. The van der Waals surface area contributed by atoms with E-state index in [1.165, 1.54) is 25.7 Å². The number of rotatable bonds is 5. The minimum absolute atomic E-state index is 0.866. The quantitative estimate of drug-likeness (QED) is 0.189. The Morgan fingerprint density at radius 3 is 2.23 bits per heavy atom. The molecule has 6 heteroatoms. The number of allylic oxidation sites excluding steroid dienone is 4. The molecule has 10 rings (SSSR count). The number of hydrogen-bond donors (Lipinski definition) is 0. The van der Waals surface area contributed by atoms with Crippen LogP contribution in [0.5, 0.6) is 0 Å². The Hall–Kier alpha value is -5.98. The molecule has 1 aliphatic rings. The standard InChI is InChI=1S/C42H28N4OS/c1-3-8-27(9-4-1)41-43-20-22-45(41)31-16-19-39-35(26-31)34-25-30(15-18-38(34)48-39)29-14-17-37-33(24-29)32-12-7-13-36(40(32)47-37)46-23-21-44-42(46)28-10-5-2-6-11-28/h1,3-5,7-26H,2,6H2. The third-order valence-corrected chi connectivity index (χ3v) is 10.5. The van der Waals surface area contributed by atoms with Crippen LogP contribution >= 0.6 is 11.3 Å². The van der Waals surface area contributed by atoms with Crippen LogP contribution in [0.1, 0.15) is 18.7 Å². The second-order valence-electron chi connectivity index (χ2n) is 12.2. The number of imidazole rings is 2. The monoisotopic (exact) mass is 636 g/mol. The van der Waals surface area contributed by atoms with Crippen LogP contribution in [0.25, 0.3) is 81.6 Å². The number of benzene rings is 5. The lowest BCUT2D eigenvalue weighted by atomic mass is 10.0. The molecule has 0 fully saturated rings. The maximum atomic E-state index is 6.55. The summed E-state index contributed by atoms with van der Waals surface area (Å²) >= 11 is 1.83. The van der Waals surface area contributed by atoms with Gasteiger partial charge in [-0.3, -0.25) is 9.13 Å². The molecule has 4 aromatic heterocycles. The SMILES string of the molecule is C1=CC(c2nccn2-c2cccc3c2oc2ccc(-c4ccc5sc6ccc(-n7ccnc7-c7ccccc7)cc6c5c4)cc23)=CCC1. The van der Waals surface area contributed by atoms with Gasteiger partial charge in [-0.2, -0.15) is 0 Å². The molecule has 0 saturated heterocycles. The van der Waals surface area contributed by atoms with Gasteiger partial charge >= 0.3 is 0 Å². The van der Waals surface area contributed by atoms with Crippen LogP contribution in [0.3, 0.4) is 0 Å². The van der Waals surface area contributed by atoms with E-state index in [4.69, 9.17) is 9.40 Å². The van der Waals surface area contributed by atoms with E-state index in [-0.39, 0.29) is 0 Å². The molecule has 0 spiro atoms. The summed E-state index contributed by atoms with van der Waals surface area (Å²) in [6, 6.07) is 36.8. The minimum Gasteiger partial charge on any atom is -0.454 e. The van der Waals surface area contributed by atoms with Gasteiger partial charge in [-0.1, -0.05) is 72.8 Å². The van der Waals surface area contributed by atoms with Crippen molar-refractivity contribution in [3.8, 4) is 33.9 Å². The summed E-state index contributed by atoms with van der Waals surface area (Å²) in [5, 5.41) is 4.71. The molecule has 5 nitrogen and oxygen atoms in total. The molecular weight excluding hydrogens is 609 g/mol. The van der Waals surface area contributed by atoms with Crippen molar-refractivity contribution in [1.82, 2.24) is 19.1 Å². The average Bonchev–Trinajstić information content (AvgIpc) is 3.96. The van der Waals surface area contributed by atoms with Crippen molar-refractivity contribution >= 4 is 59.0 Å². The summed E-state index contributed by atoms with van der Waals surface area (Å²) in [5.41, 5.74) is 8.42. The van der Waals surface area contributed by atoms with Crippen LogP contribution < -0.4 is 0 Å². The predicted molar refractivity (Wildman–Crippen MR) is 198 cm³/mol. The van der Waals surface area contributed by atoms with E-state index < -0.39 is 0 Å². The first-order valence-corrected chi connectivity index (χ1v) is 17.0. The van der Waals surface area contributed by atoms with Gasteiger partial charge in [0.25, 0.3) is 0 Å². The van der Waals surface area contributed by atoms with Crippen LogP contribution in [0.4, 0.5) is 0 Å². The highest BCUT2D eigenvalue weighted by molar-refractivity contribution is 7.25. The smallest absolute Gasteiger partial charge is 0.159 e. The van der Waals surface area contributed by atoms with Gasteiger partial charge in [0.05, 0.1) is 5.69 Å². The number of hydrogen-bond acceptors (Lipinski definition) is 4. The van der Waals surface area contributed by atoms with Crippen LogP contribution in [0.2, 0.25) is 0 Å². The zero-order chi connectivity index (χ0) is 31.6. The Labute approximate surface area is 280 Å². The summed E-state index contributed by atoms with van der Waals surface area (Å²) < 4.78 is 13.4. The number of nitrogens with zero attached hydrogens (tertiary/aromatic N) is 4. The van der Waals surface area contributed by atoms with Crippen LogP contribution in [0.15, 0.2) is 151 Å². The number of aromatic nitrogens is 4. The topological polar surface area (TPSA) is 48.8 Å². The van der Waals surface area contributed by atoms with Crippen molar-refractivity contribution in [2.24, 2.45) is 0 Å². The largest absolute Gasteiger partial charge is 0.454 e. The Bertz CT molecular complexity index is 2740. The van der Waals surface area contributed by atoms with E-state index >= 15 is 0 Å². The molecule has 0 radical (unpaired) electrons. The first kappa shape index (κ1) is 27.2. The number of para-hydroxylation sites is 1. The van der Waals surface area contributed by atoms with Crippen molar-refractivity contribution in [1.29, 1.82) is 0 Å². The second kappa shape index (κ2) is 10.8. The van der Waals surface area contributed by atoms with Gasteiger partial charge in [0.2, 0.25) is 0 Å². The van der Waals surface area contributed by atoms with E-state index in [0.29, 0.717) is 0 Å². The van der Waals surface area contributed by atoms with E-state index in [1.807, 2.05) is 42.2 Å². The Kier molecular flexibility index (Phi) is 6.11. The highest BCUT2D eigenvalue weighted by atomic mass is 32.1. The Morgan fingerprint density at radius 2 is 1.38 bits per heavy atom. The lowest BCUT2D eigenvalue weighted by Crippen LogP contribution is -2.00. The fourth-order valence-electron chi connectivity index (χ4n) is 7.05. The highest BCUT2D eigenvalue weighted by Gasteiger charge is 2.17. The molecule has 0 amide bonds. The van der Waals surface area contributed by atoms with Gasteiger partial charge < -0.3 is 4.42 Å². The maximum absolute atomic E-state index is 6.55. The van der Waals surface area contributed by atoms with Gasteiger partial charge in [0, 0.05) is 72.6 Å². The molecule has 0 atom stereocenters. The molecule has 228 valence electrons. The van der Waals surface area contributed by atoms with Crippen molar-refractivity contribution in [3.05, 3.63) is 152 Å². The second-order valence-corrected chi connectivity index (χ2v) is 13.3. The van der Waals surface area contributed by atoms with E-state index in [9.17, 15) is 0 Å². The molecule has 5 aromatic carbocycles. The summed E-state index contributed by atoms with van der Waals surface area (Å²) in [5.74, 6) is 1.87. The highest BCUT2D eigenvalue weighted by Crippen LogP contribution is 2.40. The Balaban J connectivity index is 1.07. The van der Waals surface area contributed by atoms with Crippen molar-refractivity contribution in [2.45, 2.75) is 12.8 Å². The molecular formula is C42H28N4OS. The zero-order valence-electron chi connectivity index (χ0n) is 25.9. The van der Waals surface area contributed by atoms with Crippen LogP contribution in [0, 0.1) is 0 Å². The first-order chi connectivity index (χ1) is 23.8. The number of fused-ring (bicyclic) bond motifs is 6. The molecule has 0 aliphatic heterocycles. The number of furan rings is 1. The summed E-state index contributed by atoms with van der Waals surface area (Å²) in [4.78, 5) is 9.39. The van der Waals surface area contributed by atoms with Gasteiger partial charge in [-0.15, -0.1) is 11.3 Å². The minimum atomic E-state index is 0.866. The zero-order valence-corrected chi connectivity index (χ0v) is 26.7. The fraction of sp³-hybridized carbons (Fsp3) is 0.0476. The lowest BCUT2D eigenvalue weighted by molar-refractivity contribution is 0.665. The van der Waals surface area contributed by atoms with E-state index in [1.54, 1.807) is 0 Å². The van der Waals surface area contributed by atoms with Crippen molar-refractivity contribution in [3.63, 3.8) is 0 Å². The van der Waals surface area contributed by atoms with E-state index in [2.05, 4.69) is 129 Å². The molecule has 0 N–H and O–H groups in total. The molecule has 0 unspecified atom stereocenters. The summed E-state index contributed by atoms with van der Waals surface area (Å²) in [7, 11) is 0. The summed E-state index contributed by atoms with van der Waals surface area (Å²) in [6.45, 7) is 0. The Morgan fingerprint density at radius 1 is 0.604 bits per heavy atom. The summed E-state index contributed by atoms with van der Waals surface area (Å²) in [6.07, 6.45) is 16.5. The van der Waals surface area contributed by atoms with Gasteiger partial charge in [0.15, 0.2) is 5.58 Å². The molecule has 9 aromatic rings. The average molecular weight is 637 g/mol. The van der Waals surface area contributed by atoms with Crippen LogP contribution in [-0.4, -0.2) is 19.1 Å². The fourth-order valence-corrected chi connectivity index (χ4v) is 8.12. The van der Waals surface area contributed by atoms with Gasteiger partial charge in [0.1, 0.15) is 17.2 Å². The van der Waals surface area contributed by atoms with Gasteiger partial charge in [-0.05, 0) is 72.5 Å². The van der Waals surface area contributed by atoms with E-state index in [0.717, 1.165) is 74.5 Å².